The van der Waals surface area contributed by atoms with Gasteiger partial charge in [0.25, 0.3) is 0 Å². The van der Waals surface area contributed by atoms with Gasteiger partial charge in [0.05, 0.1) is 5.69 Å². The molecular weight excluding hydrogens is 356 g/mol. The third-order valence-electron chi connectivity index (χ3n) is 2.75. The van der Waals surface area contributed by atoms with Gasteiger partial charge in [-0.15, -0.1) is 21.5 Å². The normalized spacial score (nSPS) is 10.8. The van der Waals surface area contributed by atoms with Crippen molar-refractivity contribution in [2.24, 2.45) is 0 Å². The Balaban J connectivity index is 1.46. The molecule has 0 amide bonds. The molecule has 0 aromatic carbocycles. The Morgan fingerprint density at radius 2 is 2.14 bits per heavy atom. The molecule has 1 N–H and O–H groups in total. The summed E-state index contributed by atoms with van der Waals surface area (Å²) < 4.78 is 0.931. The number of hydrogen-bond donors (Lipinski definition) is 1. The van der Waals surface area contributed by atoms with Crippen LogP contribution in [0.15, 0.2) is 40.1 Å². The fraction of sp³-hybridized carbons (Fsp3) is 0.214. The van der Waals surface area contributed by atoms with Gasteiger partial charge in [-0.25, -0.2) is 4.98 Å². The van der Waals surface area contributed by atoms with Gasteiger partial charge in [0.1, 0.15) is 5.15 Å². The van der Waals surface area contributed by atoms with Crippen molar-refractivity contribution in [2.45, 2.75) is 16.5 Å². The first-order valence-corrected chi connectivity index (χ1v) is 9.69. The topological polar surface area (TPSA) is 50.7 Å². The Morgan fingerprint density at radius 1 is 1.18 bits per heavy atom. The molecule has 0 fully saturated rings. The number of thiophene rings is 1. The molecule has 0 atom stereocenters. The highest BCUT2D eigenvalue weighted by Crippen LogP contribution is 2.28. The molecule has 22 heavy (non-hydrogen) atoms. The first-order chi connectivity index (χ1) is 10.8. The highest BCUT2D eigenvalue weighted by atomic mass is 35.5. The van der Waals surface area contributed by atoms with E-state index in [0.29, 0.717) is 5.15 Å². The van der Waals surface area contributed by atoms with Crippen molar-refractivity contribution >= 4 is 51.2 Å². The number of pyridine rings is 1. The fourth-order valence-electron chi connectivity index (χ4n) is 1.75. The van der Waals surface area contributed by atoms with Crippen LogP contribution < -0.4 is 5.32 Å². The zero-order chi connectivity index (χ0) is 15.2. The van der Waals surface area contributed by atoms with Crippen molar-refractivity contribution in [3.8, 4) is 0 Å². The van der Waals surface area contributed by atoms with Gasteiger partial charge in [-0.05, 0) is 30.0 Å². The zero-order valence-electron chi connectivity index (χ0n) is 11.5. The van der Waals surface area contributed by atoms with Crippen LogP contribution in [-0.2, 0) is 12.2 Å². The average molecular weight is 369 g/mol. The van der Waals surface area contributed by atoms with Crippen LogP contribution in [0.3, 0.4) is 0 Å². The third-order valence-corrected chi connectivity index (χ3v) is 5.95. The minimum Gasteiger partial charge on any atom is -0.360 e. The van der Waals surface area contributed by atoms with Gasteiger partial charge in [-0.2, -0.15) is 0 Å². The molecule has 0 saturated carbocycles. The van der Waals surface area contributed by atoms with Crippen molar-refractivity contribution in [1.29, 1.82) is 0 Å². The maximum Gasteiger partial charge on any atom is 0.206 e. The van der Waals surface area contributed by atoms with E-state index in [0.717, 1.165) is 33.9 Å². The Morgan fingerprint density at radius 3 is 2.95 bits per heavy atom. The van der Waals surface area contributed by atoms with E-state index in [1.54, 1.807) is 40.5 Å². The van der Waals surface area contributed by atoms with E-state index in [2.05, 4.69) is 38.0 Å². The van der Waals surface area contributed by atoms with Crippen LogP contribution in [0.25, 0.3) is 0 Å². The predicted molar refractivity (Wildman–Crippen MR) is 95.2 cm³/mol. The lowest BCUT2D eigenvalue weighted by molar-refractivity contribution is 0.979. The Labute approximate surface area is 146 Å². The molecule has 3 aromatic rings. The Kier molecular flexibility index (Phi) is 5.66. The lowest BCUT2D eigenvalue weighted by atomic mass is 10.3. The van der Waals surface area contributed by atoms with E-state index < -0.39 is 0 Å². The predicted octanol–water partition coefficient (Wildman–Crippen LogP) is 4.59. The molecule has 0 radical (unpaired) electrons. The van der Waals surface area contributed by atoms with Crippen LogP contribution in [0.4, 0.5) is 5.13 Å². The smallest absolute Gasteiger partial charge is 0.206 e. The number of rotatable bonds is 7. The van der Waals surface area contributed by atoms with Gasteiger partial charge in [0.15, 0.2) is 4.34 Å². The van der Waals surface area contributed by atoms with Gasteiger partial charge < -0.3 is 5.32 Å². The summed E-state index contributed by atoms with van der Waals surface area (Å²) in [6.45, 7) is 0.871. The lowest BCUT2D eigenvalue weighted by Gasteiger charge is -1.99. The van der Waals surface area contributed by atoms with E-state index >= 15 is 0 Å². The van der Waals surface area contributed by atoms with Crippen LogP contribution in [-0.4, -0.2) is 21.7 Å². The fourth-order valence-corrected chi connectivity index (χ4v) is 4.33. The number of halogens is 1. The molecule has 0 aliphatic heterocycles. The number of nitrogens with one attached hydrogen (secondary N) is 1. The summed E-state index contributed by atoms with van der Waals surface area (Å²) in [4.78, 5) is 5.63. The minimum absolute atomic E-state index is 0.520. The van der Waals surface area contributed by atoms with Crippen molar-refractivity contribution in [3.63, 3.8) is 0 Å². The van der Waals surface area contributed by atoms with E-state index in [9.17, 15) is 0 Å². The summed E-state index contributed by atoms with van der Waals surface area (Å²) in [5.41, 5.74) is 0.944. The lowest BCUT2D eigenvalue weighted by Crippen LogP contribution is -2.03. The zero-order valence-corrected chi connectivity index (χ0v) is 14.7. The molecule has 3 rings (SSSR count). The quantitative estimate of drug-likeness (QED) is 0.488. The highest BCUT2D eigenvalue weighted by Gasteiger charge is 2.06. The molecule has 0 saturated heterocycles. The summed E-state index contributed by atoms with van der Waals surface area (Å²) in [6, 6.07) is 9.86. The summed E-state index contributed by atoms with van der Waals surface area (Å²) in [5.74, 6) is 0.740. The standard InChI is InChI=1S/C14H13ClN4S3/c15-12-5-1-3-10(17-12)9-21-14-19-18-13(22-14)16-7-6-11-4-2-8-20-11/h1-5,8H,6-7,9H2,(H,16,18). The first kappa shape index (κ1) is 15.7. The number of hydrogen-bond acceptors (Lipinski definition) is 7. The number of aromatic nitrogens is 3. The summed E-state index contributed by atoms with van der Waals surface area (Å²) in [6.07, 6.45) is 1.01. The SMILES string of the molecule is Clc1cccc(CSc2nnc(NCCc3cccs3)s2)n1. The van der Waals surface area contributed by atoms with Crippen LogP contribution in [0, 0.1) is 0 Å². The molecule has 8 heteroatoms. The van der Waals surface area contributed by atoms with Crippen LogP contribution in [0.5, 0.6) is 0 Å². The molecule has 4 nitrogen and oxygen atoms in total. The monoisotopic (exact) mass is 368 g/mol. The second-order valence-electron chi connectivity index (χ2n) is 4.37. The van der Waals surface area contributed by atoms with E-state index in [-0.39, 0.29) is 0 Å². The third kappa shape index (κ3) is 4.67. The molecule has 0 unspecified atom stereocenters. The van der Waals surface area contributed by atoms with Crippen molar-refractivity contribution in [2.75, 3.05) is 11.9 Å². The van der Waals surface area contributed by atoms with E-state index in [1.165, 1.54) is 4.88 Å². The second kappa shape index (κ2) is 7.92. The summed E-state index contributed by atoms with van der Waals surface area (Å²) >= 11 is 10.8. The summed E-state index contributed by atoms with van der Waals surface area (Å²) in [7, 11) is 0. The number of anilines is 1. The molecule has 3 heterocycles. The molecular formula is C14H13ClN4S3. The maximum atomic E-state index is 5.88. The Hall–Kier alpha value is -1.15. The highest BCUT2D eigenvalue weighted by molar-refractivity contribution is 8.00. The number of thioether (sulfide) groups is 1. The van der Waals surface area contributed by atoms with Crippen LogP contribution in [0.2, 0.25) is 5.15 Å². The van der Waals surface area contributed by atoms with Gasteiger partial charge >= 0.3 is 0 Å². The molecule has 114 valence electrons. The van der Waals surface area contributed by atoms with E-state index in [1.807, 2.05) is 12.1 Å². The molecule has 0 aliphatic rings. The van der Waals surface area contributed by atoms with Crippen LogP contribution >= 0.6 is 46.0 Å². The second-order valence-corrected chi connectivity index (χ2v) is 7.99. The largest absolute Gasteiger partial charge is 0.360 e. The first-order valence-electron chi connectivity index (χ1n) is 6.63. The minimum atomic E-state index is 0.520. The van der Waals surface area contributed by atoms with Gasteiger partial charge in [0.2, 0.25) is 5.13 Å². The summed E-state index contributed by atoms with van der Waals surface area (Å²) in [5, 5.41) is 15.1. The molecule has 0 bridgehead atoms. The van der Waals surface area contributed by atoms with Crippen molar-refractivity contribution in [3.05, 3.63) is 51.4 Å². The maximum absolute atomic E-state index is 5.88. The van der Waals surface area contributed by atoms with Crippen molar-refractivity contribution in [1.82, 2.24) is 15.2 Å². The van der Waals surface area contributed by atoms with E-state index in [4.69, 9.17) is 11.6 Å². The molecule has 0 aliphatic carbocycles. The Bertz CT molecular complexity index is 714. The molecule has 0 spiro atoms. The van der Waals surface area contributed by atoms with Gasteiger partial charge in [0, 0.05) is 17.2 Å². The van der Waals surface area contributed by atoms with Crippen LogP contribution in [0.1, 0.15) is 10.6 Å². The van der Waals surface area contributed by atoms with Gasteiger partial charge in [-0.3, -0.25) is 0 Å². The average Bonchev–Trinajstić information content (AvgIpc) is 3.17. The van der Waals surface area contributed by atoms with Crippen molar-refractivity contribution < 1.29 is 0 Å². The molecule has 3 aromatic heterocycles. The van der Waals surface area contributed by atoms with Gasteiger partial charge in [-0.1, -0.05) is 46.8 Å². The number of nitrogens with zero attached hydrogens (tertiary/aromatic N) is 3.